The molecule has 9 nitrogen and oxygen atoms in total. The van der Waals surface area contributed by atoms with Crippen LogP contribution < -0.4 is 14.8 Å². The van der Waals surface area contributed by atoms with Gasteiger partial charge in [0.25, 0.3) is 11.1 Å². The van der Waals surface area contributed by atoms with E-state index in [1.807, 2.05) is 13.0 Å². The number of carbonyl (C=O) groups is 1. The Morgan fingerprint density at radius 1 is 1.24 bits per heavy atom. The Hall–Kier alpha value is -2.82. The maximum absolute atomic E-state index is 13.2. The Labute approximate surface area is 199 Å². The van der Waals surface area contributed by atoms with E-state index in [1.54, 1.807) is 19.4 Å². The molecule has 33 heavy (non-hydrogen) atoms. The Morgan fingerprint density at radius 2 is 2.06 bits per heavy atom. The first kappa shape index (κ1) is 22.0. The van der Waals surface area contributed by atoms with Gasteiger partial charge in [0.1, 0.15) is 17.0 Å². The fourth-order valence-corrected chi connectivity index (χ4v) is 4.93. The highest BCUT2D eigenvalue weighted by Crippen LogP contribution is 2.48. The molecule has 0 aromatic carbocycles. The molecule has 1 saturated heterocycles. The van der Waals surface area contributed by atoms with Crippen molar-refractivity contribution in [1.29, 1.82) is 0 Å². The van der Waals surface area contributed by atoms with Crippen LogP contribution in [0.15, 0.2) is 24.5 Å². The van der Waals surface area contributed by atoms with Crippen LogP contribution in [-0.2, 0) is 11.2 Å². The highest BCUT2D eigenvalue weighted by atomic mass is 35.5. The van der Waals surface area contributed by atoms with E-state index in [1.165, 1.54) is 17.5 Å². The van der Waals surface area contributed by atoms with E-state index in [-0.39, 0.29) is 12.0 Å². The zero-order valence-electron chi connectivity index (χ0n) is 18.1. The first-order chi connectivity index (χ1) is 16.0. The number of amides is 1. The van der Waals surface area contributed by atoms with Crippen LogP contribution in [0.25, 0.3) is 11.1 Å². The first-order valence-electron chi connectivity index (χ1n) is 10.6. The lowest BCUT2D eigenvalue weighted by molar-refractivity contribution is -0.191. The van der Waals surface area contributed by atoms with Gasteiger partial charge in [-0.3, -0.25) is 15.1 Å². The van der Waals surface area contributed by atoms with Crippen LogP contribution in [0.5, 0.6) is 10.9 Å². The quantitative estimate of drug-likeness (QED) is 0.497. The number of hydrogen-bond donors (Lipinski definition) is 1. The van der Waals surface area contributed by atoms with Gasteiger partial charge < -0.3 is 14.2 Å². The third-order valence-electron chi connectivity index (χ3n) is 5.94. The molecule has 5 rings (SSSR count). The second-order valence-electron chi connectivity index (χ2n) is 8.25. The number of halogens is 1. The Morgan fingerprint density at radius 3 is 2.76 bits per heavy atom. The number of nitrogens with zero attached hydrogens (tertiary/aromatic N) is 4. The molecule has 0 unspecified atom stereocenters. The summed E-state index contributed by atoms with van der Waals surface area (Å²) in [5.74, 6) is 0.135. The summed E-state index contributed by atoms with van der Waals surface area (Å²) in [4.78, 5) is 21.6. The summed E-state index contributed by atoms with van der Waals surface area (Å²) in [6.45, 7) is 3.61. The molecule has 3 aromatic rings. The monoisotopic (exact) mass is 487 g/mol. The van der Waals surface area contributed by atoms with E-state index in [0.717, 1.165) is 31.7 Å². The van der Waals surface area contributed by atoms with Crippen LogP contribution in [-0.4, -0.2) is 52.5 Å². The van der Waals surface area contributed by atoms with E-state index >= 15 is 0 Å². The summed E-state index contributed by atoms with van der Waals surface area (Å²) in [5, 5.41) is 12.0. The Balaban J connectivity index is 1.35. The number of ether oxygens (including phenoxy) is 3. The molecule has 1 aliphatic carbocycles. The van der Waals surface area contributed by atoms with Gasteiger partial charge in [0.05, 0.1) is 32.1 Å². The zero-order chi connectivity index (χ0) is 23.0. The number of methoxy groups -OCH3 is 1. The van der Waals surface area contributed by atoms with Gasteiger partial charge in [-0.15, -0.1) is 5.10 Å². The predicted molar refractivity (Wildman–Crippen MR) is 123 cm³/mol. The van der Waals surface area contributed by atoms with E-state index in [9.17, 15) is 4.79 Å². The Bertz CT molecular complexity index is 1190. The lowest BCUT2D eigenvalue weighted by Crippen LogP contribution is -2.56. The molecule has 2 aliphatic rings. The summed E-state index contributed by atoms with van der Waals surface area (Å²) in [6.07, 6.45) is 5.82. The summed E-state index contributed by atoms with van der Waals surface area (Å²) in [6, 6.07) is 3.52. The lowest BCUT2D eigenvalue weighted by Gasteiger charge is -2.52. The van der Waals surface area contributed by atoms with Gasteiger partial charge >= 0.3 is 0 Å². The van der Waals surface area contributed by atoms with Crippen LogP contribution >= 0.6 is 22.9 Å². The molecule has 172 valence electrons. The number of anilines is 1. The molecule has 4 heterocycles. The third kappa shape index (κ3) is 4.38. The molecule has 1 N–H and O–H groups in total. The minimum Gasteiger partial charge on any atom is -0.494 e. The average Bonchev–Trinajstić information content (AvgIpc) is 3.20. The fourth-order valence-electron chi connectivity index (χ4n) is 4.12. The van der Waals surface area contributed by atoms with Gasteiger partial charge in [0.2, 0.25) is 5.13 Å². The van der Waals surface area contributed by atoms with Crippen molar-refractivity contribution in [2.24, 2.45) is 5.41 Å². The van der Waals surface area contributed by atoms with Crippen molar-refractivity contribution >= 4 is 34.0 Å². The molecular weight excluding hydrogens is 466 g/mol. The second kappa shape index (κ2) is 8.85. The molecule has 1 aliphatic heterocycles. The van der Waals surface area contributed by atoms with Crippen molar-refractivity contribution in [1.82, 2.24) is 20.2 Å². The van der Waals surface area contributed by atoms with Crippen LogP contribution in [0.3, 0.4) is 0 Å². The highest BCUT2D eigenvalue weighted by molar-refractivity contribution is 7.17. The molecule has 0 bridgehead atoms. The maximum Gasteiger partial charge on any atom is 0.296 e. The SMILES string of the molecule is CCc1cc(-c2cc(Cl)ncc2OC)c(C(=O)Nc2nnc(OC3CC4(COC4)C3)s2)cn1. The lowest BCUT2D eigenvalue weighted by atomic mass is 9.65. The zero-order valence-corrected chi connectivity index (χ0v) is 19.7. The van der Waals surface area contributed by atoms with E-state index in [0.29, 0.717) is 49.8 Å². The van der Waals surface area contributed by atoms with Crippen molar-refractivity contribution in [2.75, 3.05) is 25.6 Å². The molecular formula is C22H22ClN5O4S. The normalized spacial score (nSPS) is 16.7. The average molecular weight is 488 g/mol. The first-order valence-corrected chi connectivity index (χ1v) is 11.8. The van der Waals surface area contributed by atoms with Crippen LogP contribution in [0.2, 0.25) is 5.15 Å². The highest BCUT2D eigenvalue weighted by Gasteiger charge is 2.51. The number of carbonyl (C=O) groups excluding carboxylic acids is 1. The number of nitrogens with one attached hydrogen (secondary N) is 1. The molecule has 0 radical (unpaired) electrons. The van der Waals surface area contributed by atoms with Crippen LogP contribution in [0.1, 0.15) is 35.8 Å². The molecule has 2 fully saturated rings. The summed E-state index contributed by atoms with van der Waals surface area (Å²) in [5.41, 5.74) is 2.79. The standard InChI is InChI=1S/C22H22ClN5O4S/c1-3-12-4-14(15-5-18(23)25-9-17(15)30-2)16(8-24-12)19(29)26-20-27-28-21(33-20)32-13-6-22(7-13)10-31-11-22/h4-5,8-9,13H,3,6-7,10-11H2,1-2H3,(H,26,27,29). The molecule has 11 heteroatoms. The van der Waals surface area contributed by atoms with Crippen molar-refractivity contribution in [3.63, 3.8) is 0 Å². The summed E-state index contributed by atoms with van der Waals surface area (Å²) in [7, 11) is 1.54. The summed E-state index contributed by atoms with van der Waals surface area (Å²) >= 11 is 7.33. The second-order valence-corrected chi connectivity index (χ2v) is 9.58. The molecule has 0 atom stereocenters. The van der Waals surface area contributed by atoms with E-state index in [4.69, 9.17) is 25.8 Å². The van der Waals surface area contributed by atoms with Crippen molar-refractivity contribution in [3.8, 4) is 22.1 Å². The van der Waals surface area contributed by atoms with Crippen LogP contribution in [0.4, 0.5) is 5.13 Å². The number of aromatic nitrogens is 4. The van der Waals surface area contributed by atoms with Crippen molar-refractivity contribution < 1.29 is 19.0 Å². The Kier molecular flexibility index (Phi) is 5.90. The maximum atomic E-state index is 13.2. The topological polar surface area (TPSA) is 108 Å². The number of aryl methyl sites for hydroxylation is 1. The molecule has 3 aromatic heterocycles. The van der Waals surface area contributed by atoms with Crippen molar-refractivity contribution in [2.45, 2.75) is 32.3 Å². The van der Waals surface area contributed by atoms with Gasteiger partial charge in [0, 0.05) is 28.4 Å². The largest absolute Gasteiger partial charge is 0.494 e. The fraction of sp³-hybridized carbons (Fsp3) is 0.409. The third-order valence-corrected chi connectivity index (χ3v) is 6.88. The minimum absolute atomic E-state index is 0.117. The molecule has 1 spiro atoms. The van der Waals surface area contributed by atoms with Gasteiger partial charge in [-0.1, -0.05) is 23.6 Å². The van der Waals surface area contributed by atoms with Gasteiger partial charge in [0.15, 0.2) is 0 Å². The van der Waals surface area contributed by atoms with E-state index < -0.39 is 0 Å². The van der Waals surface area contributed by atoms with Gasteiger partial charge in [-0.25, -0.2) is 4.98 Å². The number of pyridine rings is 2. The number of rotatable bonds is 7. The predicted octanol–water partition coefficient (Wildman–Crippen LogP) is 4.03. The molecule has 1 saturated carbocycles. The van der Waals surface area contributed by atoms with Crippen molar-refractivity contribution in [3.05, 3.63) is 40.9 Å². The smallest absolute Gasteiger partial charge is 0.296 e. The van der Waals surface area contributed by atoms with Crippen LogP contribution in [0, 0.1) is 5.41 Å². The number of hydrogen-bond acceptors (Lipinski definition) is 9. The summed E-state index contributed by atoms with van der Waals surface area (Å²) < 4.78 is 16.6. The van der Waals surface area contributed by atoms with Gasteiger partial charge in [-0.05, 0) is 42.7 Å². The molecule has 1 amide bonds. The van der Waals surface area contributed by atoms with E-state index in [2.05, 4.69) is 25.5 Å². The van der Waals surface area contributed by atoms with Gasteiger partial charge in [-0.2, -0.15) is 0 Å². The minimum atomic E-state index is -0.368.